The zero-order valence-electron chi connectivity index (χ0n) is 11.7. The zero-order chi connectivity index (χ0) is 15.6. The van der Waals surface area contributed by atoms with E-state index >= 15 is 0 Å². The van der Waals surface area contributed by atoms with Crippen molar-refractivity contribution in [2.45, 2.75) is 13.5 Å². The van der Waals surface area contributed by atoms with Crippen LogP contribution in [0, 0.1) is 6.92 Å². The van der Waals surface area contributed by atoms with E-state index in [4.69, 9.17) is 23.2 Å². The minimum atomic E-state index is -0.0632. The summed E-state index contributed by atoms with van der Waals surface area (Å²) in [7, 11) is 1.74. The van der Waals surface area contributed by atoms with Gasteiger partial charge in [-0.1, -0.05) is 57.3 Å². The third kappa shape index (κ3) is 3.79. The first-order chi connectivity index (χ1) is 9.90. The van der Waals surface area contributed by atoms with Crippen molar-refractivity contribution in [3.05, 3.63) is 67.6 Å². The second kappa shape index (κ2) is 6.82. The molecule has 2 nitrogen and oxygen atoms in total. The Morgan fingerprint density at radius 3 is 2.62 bits per heavy atom. The molecule has 0 aliphatic carbocycles. The summed E-state index contributed by atoms with van der Waals surface area (Å²) >= 11 is 15.6. The van der Waals surface area contributed by atoms with Crippen LogP contribution in [-0.2, 0) is 6.54 Å². The molecule has 0 heterocycles. The fourth-order valence-corrected chi connectivity index (χ4v) is 2.70. The molecule has 0 bridgehead atoms. The molecule has 21 heavy (non-hydrogen) atoms. The van der Waals surface area contributed by atoms with Crippen molar-refractivity contribution < 1.29 is 4.79 Å². The van der Waals surface area contributed by atoms with E-state index in [1.54, 1.807) is 18.0 Å². The van der Waals surface area contributed by atoms with Gasteiger partial charge in [-0.25, -0.2) is 0 Å². The lowest BCUT2D eigenvalue weighted by Gasteiger charge is -2.19. The van der Waals surface area contributed by atoms with Gasteiger partial charge in [0.25, 0.3) is 5.91 Å². The van der Waals surface area contributed by atoms with Crippen molar-refractivity contribution in [1.82, 2.24) is 4.90 Å². The average molecular weight is 387 g/mol. The van der Waals surface area contributed by atoms with E-state index in [0.29, 0.717) is 22.2 Å². The number of halogens is 3. The first-order valence-electron chi connectivity index (χ1n) is 6.34. The van der Waals surface area contributed by atoms with Gasteiger partial charge in [0.1, 0.15) is 0 Å². The maximum absolute atomic E-state index is 12.4. The molecule has 0 saturated carbocycles. The maximum atomic E-state index is 12.4. The van der Waals surface area contributed by atoms with Gasteiger partial charge in [0, 0.05) is 23.6 Å². The highest BCUT2D eigenvalue weighted by Gasteiger charge is 2.15. The molecule has 0 radical (unpaired) electrons. The van der Waals surface area contributed by atoms with Gasteiger partial charge >= 0.3 is 0 Å². The van der Waals surface area contributed by atoms with E-state index in [0.717, 1.165) is 15.6 Å². The third-order valence-corrected chi connectivity index (χ3v) is 4.92. The topological polar surface area (TPSA) is 20.3 Å². The number of rotatable bonds is 3. The van der Waals surface area contributed by atoms with Gasteiger partial charge in [-0.3, -0.25) is 4.79 Å². The highest BCUT2D eigenvalue weighted by molar-refractivity contribution is 9.10. The van der Waals surface area contributed by atoms with E-state index in [9.17, 15) is 4.79 Å². The molecule has 0 aliphatic rings. The lowest BCUT2D eigenvalue weighted by atomic mass is 10.1. The first kappa shape index (κ1) is 16.3. The predicted molar refractivity (Wildman–Crippen MR) is 91.1 cm³/mol. The molecule has 0 unspecified atom stereocenters. The monoisotopic (exact) mass is 385 g/mol. The van der Waals surface area contributed by atoms with Crippen LogP contribution in [0.4, 0.5) is 0 Å². The smallest absolute Gasteiger partial charge is 0.253 e. The molecule has 0 saturated heterocycles. The minimum Gasteiger partial charge on any atom is -0.337 e. The molecule has 0 aliphatic heterocycles. The summed E-state index contributed by atoms with van der Waals surface area (Å²) in [6, 6.07) is 11.0. The van der Waals surface area contributed by atoms with Crippen molar-refractivity contribution in [3.63, 3.8) is 0 Å². The van der Waals surface area contributed by atoms with E-state index in [2.05, 4.69) is 15.9 Å². The van der Waals surface area contributed by atoms with Gasteiger partial charge in [-0.15, -0.1) is 0 Å². The van der Waals surface area contributed by atoms with E-state index < -0.39 is 0 Å². The van der Waals surface area contributed by atoms with Crippen LogP contribution < -0.4 is 0 Å². The van der Waals surface area contributed by atoms with Crippen LogP contribution in [0.5, 0.6) is 0 Å². The number of benzene rings is 2. The largest absolute Gasteiger partial charge is 0.337 e. The quantitative estimate of drug-likeness (QED) is 0.697. The molecule has 2 rings (SSSR count). The summed E-state index contributed by atoms with van der Waals surface area (Å²) in [5, 5.41) is 0.983. The van der Waals surface area contributed by atoms with Crippen molar-refractivity contribution in [3.8, 4) is 0 Å². The van der Waals surface area contributed by atoms with Crippen LogP contribution in [-0.4, -0.2) is 17.9 Å². The summed E-state index contributed by atoms with van der Waals surface area (Å²) in [5.74, 6) is -0.0632. The molecule has 5 heteroatoms. The fourth-order valence-electron chi connectivity index (χ4n) is 1.94. The maximum Gasteiger partial charge on any atom is 0.253 e. The summed E-state index contributed by atoms with van der Waals surface area (Å²) in [6.07, 6.45) is 0. The molecule has 0 N–H and O–H groups in total. The van der Waals surface area contributed by atoms with Gasteiger partial charge < -0.3 is 4.90 Å². The number of amides is 1. The Labute approximate surface area is 142 Å². The third-order valence-electron chi connectivity index (χ3n) is 3.20. The van der Waals surface area contributed by atoms with Gasteiger partial charge in [0.2, 0.25) is 0 Å². The summed E-state index contributed by atoms with van der Waals surface area (Å²) in [6.45, 7) is 2.39. The summed E-state index contributed by atoms with van der Waals surface area (Å²) in [4.78, 5) is 14.1. The number of carbonyl (C=O) groups is 1. The van der Waals surface area contributed by atoms with Crippen LogP contribution in [0.1, 0.15) is 21.5 Å². The molecule has 2 aromatic rings. The normalized spacial score (nSPS) is 10.5. The predicted octanol–water partition coefficient (Wildman–Crippen LogP) is 5.34. The van der Waals surface area contributed by atoms with E-state index in [-0.39, 0.29) is 5.91 Å². The highest BCUT2D eigenvalue weighted by atomic mass is 79.9. The molecular weight excluding hydrogens is 373 g/mol. The SMILES string of the molecule is Cc1ccc(C(=O)N(C)Cc2cccc(Cl)c2Cl)cc1Br. The van der Waals surface area contributed by atoms with E-state index in [1.807, 2.05) is 37.3 Å². The number of carbonyl (C=O) groups excluding carboxylic acids is 1. The molecule has 0 fully saturated rings. The molecule has 2 aromatic carbocycles. The fraction of sp³-hybridized carbons (Fsp3) is 0.188. The summed E-state index contributed by atoms with van der Waals surface area (Å²) < 4.78 is 0.919. The van der Waals surface area contributed by atoms with Crippen molar-refractivity contribution >= 4 is 45.0 Å². The Morgan fingerprint density at radius 2 is 1.95 bits per heavy atom. The zero-order valence-corrected chi connectivity index (χ0v) is 14.8. The minimum absolute atomic E-state index is 0.0632. The standard InChI is InChI=1S/C16H14BrCl2NO/c1-10-6-7-11(8-13(10)17)16(21)20(2)9-12-4-3-5-14(18)15(12)19/h3-8H,9H2,1-2H3. The van der Waals surface area contributed by atoms with Crippen LogP contribution in [0.2, 0.25) is 10.0 Å². The van der Waals surface area contributed by atoms with Crippen molar-refractivity contribution in [2.75, 3.05) is 7.05 Å². The number of hydrogen-bond donors (Lipinski definition) is 0. The average Bonchev–Trinajstić information content (AvgIpc) is 2.46. The van der Waals surface area contributed by atoms with Gasteiger partial charge in [-0.2, -0.15) is 0 Å². The lowest BCUT2D eigenvalue weighted by Crippen LogP contribution is -2.26. The second-order valence-corrected chi connectivity index (χ2v) is 6.48. The van der Waals surface area contributed by atoms with Crippen LogP contribution in [0.15, 0.2) is 40.9 Å². The Morgan fingerprint density at radius 1 is 1.24 bits per heavy atom. The number of aryl methyl sites for hydroxylation is 1. The molecular formula is C16H14BrCl2NO. The second-order valence-electron chi connectivity index (χ2n) is 4.84. The molecule has 0 aromatic heterocycles. The first-order valence-corrected chi connectivity index (χ1v) is 7.89. The molecule has 0 atom stereocenters. The van der Waals surface area contributed by atoms with Gasteiger partial charge in [0.15, 0.2) is 0 Å². The van der Waals surface area contributed by atoms with Crippen LogP contribution in [0.25, 0.3) is 0 Å². The van der Waals surface area contributed by atoms with Crippen LogP contribution in [0.3, 0.4) is 0 Å². The Hall–Kier alpha value is -1.03. The molecule has 1 amide bonds. The van der Waals surface area contributed by atoms with E-state index in [1.165, 1.54) is 0 Å². The van der Waals surface area contributed by atoms with Crippen molar-refractivity contribution in [1.29, 1.82) is 0 Å². The lowest BCUT2D eigenvalue weighted by molar-refractivity contribution is 0.0785. The Kier molecular flexibility index (Phi) is 5.31. The molecule has 0 spiro atoms. The molecule has 110 valence electrons. The highest BCUT2D eigenvalue weighted by Crippen LogP contribution is 2.27. The van der Waals surface area contributed by atoms with Gasteiger partial charge in [0.05, 0.1) is 10.0 Å². The number of nitrogens with zero attached hydrogens (tertiary/aromatic N) is 1. The van der Waals surface area contributed by atoms with Crippen LogP contribution >= 0.6 is 39.1 Å². The Bertz CT molecular complexity index is 688. The summed E-state index contributed by atoms with van der Waals surface area (Å²) in [5.41, 5.74) is 2.55. The Balaban J connectivity index is 2.19. The van der Waals surface area contributed by atoms with Gasteiger partial charge in [-0.05, 0) is 36.2 Å². The number of hydrogen-bond acceptors (Lipinski definition) is 1. The van der Waals surface area contributed by atoms with Crippen molar-refractivity contribution in [2.24, 2.45) is 0 Å².